The van der Waals surface area contributed by atoms with Crippen LogP contribution in [0.15, 0.2) is 70.0 Å². The third-order valence-electron chi connectivity index (χ3n) is 6.63. The molecule has 0 spiro atoms. The van der Waals surface area contributed by atoms with Gasteiger partial charge in [-0.25, -0.2) is 4.39 Å². The van der Waals surface area contributed by atoms with E-state index in [0.717, 1.165) is 41.0 Å². The lowest BCUT2D eigenvalue weighted by Crippen LogP contribution is -2.36. The molecule has 3 amide bonds. The lowest BCUT2D eigenvalue weighted by molar-refractivity contribution is -0.127. The number of thioether (sulfide) groups is 1. The number of benzene rings is 3. The van der Waals surface area contributed by atoms with Gasteiger partial charge in [0.2, 0.25) is 5.91 Å². The number of imide groups is 1. The van der Waals surface area contributed by atoms with Crippen molar-refractivity contribution in [2.75, 3.05) is 49.7 Å². The lowest BCUT2D eigenvalue weighted by atomic mass is 10.1. The first-order valence-corrected chi connectivity index (χ1v) is 15.2. The van der Waals surface area contributed by atoms with Crippen LogP contribution in [0, 0.1) is 5.82 Å². The van der Waals surface area contributed by atoms with Gasteiger partial charge in [0.1, 0.15) is 19.0 Å². The molecule has 5 rings (SSSR count). The molecule has 2 saturated heterocycles. The van der Waals surface area contributed by atoms with Crippen molar-refractivity contribution in [1.29, 1.82) is 0 Å². The minimum atomic E-state index is -0.557. The van der Waals surface area contributed by atoms with Crippen LogP contribution in [-0.4, -0.2) is 61.4 Å². The quantitative estimate of drug-likeness (QED) is 0.260. The lowest BCUT2D eigenvalue weighted by Gasteiger charge is -2.28. The summed E-state index contributed by atoms with van der Waals surface area (Å²) >= 11 is 4.27. The van der Waals surface area contributed by atoms with Crippen molar-refractivity contribution in [3.63, 3.8) is 0 Å². The number of anilines is 2. The Morgan fingerprint density at radius 3 is 2.49 bits per heavy atom. The van der Waals surface area contributed by atoms with Crippen LogP contribution in [0.3, 0.4) is 0 Å². The Kier molecular flexibility index (Phi) is 10.0. The number of halogens is 2. The van der Waals surface area contributed by atoms with Crippen LogP contribution >= 0.6 is 27.7 Å². The molecule has 2 fully saturated rings. The first kappa shape index (κ1) is 30.6. The van der Waals surface area contributed by atoms with Gasteiger partial charge in [0.05, 0.1) is 29.2 Å². The average Bonchev–Trinajstić information content (AvgIpc) is 3.25. The number of ether oxygens (including phenoxy) is 3. The molecule has 0 aliphatic carbocycles. The molecular weight excluding hydrogens is 641 g/mol. The van der Waals surface area contributed by atoms with Crippen molar-refractivity contribution in [3.05, 3.63) is 87.0 Å². The van der Waals surface area contributed by atoms with Crippen molar-refractivity contribution in [2.45, 2.75) is 13.5 Å². The molecule has 2 aliphatic rings. The predicted molar refractivity (Wildman–Crippen MR) is 167 cm³/mol. The van der Waals surface area contributed by atoms with E-state index in [1.165, 1.54) is 12.1 Å². The van der Waals surface area contributed by atoms with Crippen LogP contribution < -0.4 is 19.7 Å². The number of nitrogens with zero attached hydrogens (tertiary/aromatic N) is 2. The van der Waals surface area contributed by atoms with E-state index in [1.54, 1.807) is 42.5 Å². The predicted octanol–water partition coefficient (Wildman–Crippen LogP) is 6.08. The summed E-state index contributed by atoms with van der Waals surface area (Å²) < 4.78 is 30.9. The van der Waals surface area contributed by atoms with Gasteiger partial charge in [-0.2, -0.15) is 0 Å². The molecule has 0 bridgehead atoms. The molecule has 2 aliphatic heterocycles. The van der Waals surface area contributed by atoms with Crippen molar-refractivity contribution in [3.8, 4) is 11.5 Å². The molecule has 3 aromatic rings. The largest absolute Gasteiger partial charge is 0.490 e. The zero-order valence-corrected chi connectivity index (χ0v) is 25.7. The molecule has 12 heteroatoms. The fraction of sp³-hybridized carbons (Fsp3) is 0.258. The fourth-order valence-electron chi connectivity index (χ4n) is 4.52. The Morgan fingerprint density at radius 2 is 1.79 bits per heavy atom. The molecule has 0 radical (unpaired) electrons. The Hall–Kier alpha value is -3.87. The van der Waals surface area contributed by atoms with Crippen molar-refractivity contribution in [2.24, 2.45) is 0 Å². The Labute approximate surface area is 261 Å². The molecule has 3 aromatic carbocycles. The van der Waals surface area contributed by atoms with Crippen molar-refractivity contribution < 1.29 is 33.0 Å². The summed E-state index contributed by atoms with van der Waals surface area (Å²) in [6, 6.07) is 16.8. The smallest absolute Gasteiger partial charge is 0.294 e. The van der Waals surface area contributed by atoms with E-state index in [1.807, 2.05) is 19.1 Å². The number of morpholine rings is 1. The van der Waals surface area contributed by atoms with Gasteiger partial charge >= 0.3 is 0 Å². The minimum Gasteiger partial charge on any atom is -0.490 e. The molecule has 0 aromatic heterocycles. The molecule has 43 heavy (non-hydrogen) atoms. The summed E-state index contributed by atoms with van der Waals surface area (Å²) in [4.78, 5) is 41.8. The maximum Gasteiger partial charge on any atom is 0.294 e. The van der Waals surface area contributed by atoms with Crippen LogP contribution in [0.2, 0.25) is 0 Å². The van der Waals surface area contributed by atoms with Gasteiger partial charge in [-0.15, -0.1) is 0 Å². The van der Waals surface area contributed by atoms with E-state index in [0.29, 0.717) is 47.0 Å². The van der Waals surface area contributed by atoms with Crippen molar-refractivity contribution in [1.82, 2.24) is 4.90 Å². The standard InChI is InChI=1S/C31H29BrFN3O6S/c1-2-41-26-16-21(15-25(32)29(26)42-19-20-3-5-22(33)6-4-20)17-27-30(38)36(31(39)43-27)18-28(37)34-23-7-9-24(10-8-23)35-11-13-40-14-12-35/h3-10,15-17H,2,11-14,18-19H2,1H3,(H,34,37)/b27-17-. The van der Waals surface area contributed by atoms with Crippen LogP contribution in [0.1, 0.15) is 18.1 Å². The van der Waals surface area contributed by atoms with Gasteiger partial charge in [0, 0.05) is 24.5 Å². The Balaban J connectivity index is 1.23. The Morgan fingerprint density at radius 1 is 1.07 bits per heavy atom. The highest BCUT2D eigenvalue weighted by atomic mass is 79.9. The van der Waals surface area contributed by atoms with E-state index < -0.39 is 23.6 Å². The number of hydrogen-bond acceptors (Lipinski definition) is 8. The maximum atomic E-state index is 13.2. The third-order valence-corrected chi connectivity index (χ3v) is 8.12. The highest BCUT2D eigenvalue weighted by Gasteiger charge is 2.36. The second kappa shape index (κ2) is 14.1. The van der Waals surface area contributed by atoms with E-state index in [4.69, 9.17) is 14.2 Å². The number of carbonyl (C=O) groups is 3. The molecule has 2 heterocycles. The topological polar surface area (TPSA) is 97.4 Å². The SMILES string of the molecule is CCOc1cc(/C=C2\SC(=O)N(CC(=O)Nc3ccc(N4CCOCC4)cc3)C2=O)cc(Br)c1OCc1ccc(F)cc1. The number of amides is 3. The highest BCUT2D eigenvalue weighted by molar-refractivity contribution is 9.10. The van der Waals surface area contributed by atoms with Gasteiger partial charge < -0.3 is 24.4 Å². The number of carbonyl (C=O) groups excluding carboxylic acids is 3. The van der Waals surface area contributed by atoms with Crippen LogP contribution in [0.25, 0.3) is 6.08 Å². The van der Waals surface area contributed by atoms with Gasteiger partial charge in [-0.1, -0.05) is 12.1 Å². The zero-order valence-electron chi connectivity index (χ0n) is 23.3. The molecule has 9 nitrogen and oxygen atoms in total. The zero-order chi connectivity index (χ0) is 30.3. The molecule has 0 unspecified atom stereocenters. The van der Waals surface area contributed by atoms with Gasteiger partial charge in [0.25, 0.3) is 11.1 Å². The second-order valence-electron chi connectivity index (χ2n) is 9.64. The number of hydrogen-bond donors (Lipinski definition) is 1. The summed E-state index contributed by atoms with van der Waals surface area (Å²) in [6.45, 7) is 4.94. The Bertz CT molecular complexity index is 1530. The maximum absolute atomic E-state index is 13.2. The van der Waals surface area contributed by atoms with Gasteiger partial charge in [0.15, 0.2) is 11.5 Å². The summed E-state index contributed by atoms with van der Waals surface area (Å²) in [5.41, 5.74) is 2.98. The van der Waals surface area contributed by atoms with Gasteiger partial charge in [-0.3, -0.25) is 19.3 Å². The summed E-state index contributed by atoms with van der Waals surface area (Å²) in [6.07, 6.45) is 1.57. The molecule has 1 N–H and O–H groups in total. The monoisotopic (exact) mass is 669 g/mol. The van der Waals surface area contributed by atoms with E-state index in [-0.39, 0.29) is 17.3 Å². The summed E-state index contributed by atoms with van der Waals surface area (Å²) in [7, 11) is 0. The molecule has 0 saturated carbocycles. The molecular formula is C31H29BrFN3O6S. The highest BCUT2D eigenvalue weighted by Crippen LogP contribution is 2.39. The van der Waals surface area contributed by atoms with E-state index in [2.05, 4.69) is 26.1 Å². The number of nitrogens with one attached hydrogen (secondary N) is 1. The summed E-state index contributed by atoms with van der Waals surface area (Å²) in [5.74, 6) is -0.483. The van der Waals surface area contributed by atoms with E-state index >= 15 is 0 Å². The first-order valence-electron chi connectivity index (χ1n) is 13.6. The number of rotatable bonds is 10. The van der Waals surface area contributed by atoms with E-state index in [9.17, 15) is 18.8 Å². The molecule has 0 atom stereocenters. The fourth-order valence-corrected chi connectivity index (χ4v) is 5.93. The van der Waals surface area contributed by atoms with Gasteiger partial charge in [-0.05, 0) is 100 Å². The van der Waals surface area contributed by atoms with Crippen molar-refractivity contribution >= 4 is 62.2 Å². The third kappa shape index (κ3) is 7.75. The minimum absolute atomic E-state index is 0.182. The normalized spacial score (nSPS) is 16.1. The molecule has 224 valence electrons. The average molecular weight is 671 g/mol. The second-order valence-corrected chi connectivity index (χ2v) is 11.5. The first-order chi connectivity index (χ1) is 20.8. The van der Waals surface area contributed by atoms with Crippen LogP contribution in [-0.2, 0) is 20.9 Å². The summed E-state index contributed by atoms with van der Waals surface area (Å²) in [5, 5.41) is 2.22. The van der Waals surface area contributed by atoms with Crippen LogP contribution in [0.5, 0.6) is 11.5 Å². The van der Waals surface area contributed by atoms with Crippen LogP contribution in [0.4, 0.5) is 20.6 Å².